The first-order valence-electron chi connectivity index (χ1n) is 5.61. The number of ketones is 2. The van der Waals surface area contributed by atoms with Gasteiger partial charge >= 0.3 is 0 Å². The van der Waals surface area contributed by atoms with Crippen molar-refractivity contribution in [2.75, 3.05) is 0 Å². The van der Waals surface area contributed by atoms with Gasteiger partial charge in [0.2, 0.25) is 0 Å². The van der Waals surface area contributed by atoms with E-state index in [2.05, 4.69) is 4.98 Å². The lowest BCUT2D eigenvalue weighted by atomic mass is 9.76. The molecule has 2 atom stereocenters. The molecule has 0 amide bonds. The Morgan fingerprint density at radius 2 is 2.31 bits per heavy atom. The van der Waals surface area contributed by atoms with Crippen LogP contribution in [0.3, 0.4) is 0 Å². The maximum Gasteiger partial charge on any atom is 0.143 e. The minimum absolute atomic E-state index is 0.00131. The van der Waals surface area contributed by atoms with E-state index in [-0.39, 0.29) is 17.5 Å². The Bertz CT molecular complexity index is 400. The molecular formula is C13H15NO2. The third-order valence-electron chi connectivity index (χ3n) is 3.29. The highest BCUT2D eigenvalue weighted by atomic mass is 16.1. The number of carbonyl (C=O) groups is 2. The van der Waals surface area contributed by atoms with Crippen molar-refractivity contribution in [3.05, 3.63) is 30.1 Å². The number of pyridine rings is 1. The number of Topliss-reactive ketones (excluding diaryl/α,β-unsaturated/α-hetero) is 2. The van der Waals surface area contributed by atoms with Crippen molar-refractivity contribution < 1.29 is 9.59 Å². The molecule has 16 heavy (non-hydrogen) atoms. The Hall–Kier alpha value is -1.51. The summed E-state index contributed by atoms with van der Waals surface area (Å²) in [7, 11) is 0. The fraction of sp³-hybridized carbons (Fsp3) is 0.462. The first-order chi connectivity index (χ1) is 7.68. The number of hydrogen-bond acceptors (Lipinski definition) is 3. The summed E-state index contributed by atoms with van der Waals surface area (Å²) in [6.07, 6.45) is 5.58. The molecular weight excluding hydrogens is 202 g/mol. The summed E-state index contributed by atoms with van der Waals surface area (Å²) in [6, 6.07) is 3.92. The summed E-state index contributed by atoms with van der Waals surface area (Å²) < 4.78 is 0. The summed E-state index contributed by atoms with van der Waals surface area (Å²) in [5.41, 5.74) is 1.14. The van der Waals surface area contributed by atoms with Crippen LogP contribution in [0.5, 0.6) is 0 Å². The van der Waals surface area contributed by atoms with Gasteiger partial charge in [0.25, 0.3) is 0 Å². The van der Waals surface area contributed by atoms with Crippen LogP contribution in [0.2, 0.25) is 0 Å². The Labute approximate surface area is 94.9 Å². The second kappa shape index (κ2) is 4.56. The van der Waals surface area contributed by atoms with E-state index in [0.29, 0.717) is 18.8 Å². The van der Waals surface area contributed by atoms with Gasteiger partial charge < -0.3 is 0 Å². The minimum atomic E-state index is -0.390. The van der Waals surface area contributed by atoms with Crippen LogP contribution in [0.4, 0.5) is 0 Å². The molecule has 3 heteroatoms. The highest BCUT2D eigenvalue weighted by Gasteiger charge is 2.32. The Morgan fingerprint density at radius 1 is 1.50 bits per heavy atom. The van der Waals surface area contributed by atoms with Crippen LogP contribution in [0.25, 0.3) is 0 Å². The molecule has 1 aliphatic rings. The maximum atomic E-state index is 11.6. The van der Waals surface area contributed by atoms with Crippen LogP contribution in [0, 0.1) is 5.92 Å². The summed E-state index contributed by atoms with van der Waals surface area (Å²) in [4.78, 5) is 27.0. The lowest BCUT2D eigenvalue weighted by Crippen LogP contribution is -2.29. The Balaban J connectivity index is 2.15. The molecule has 0 unspecified atom stereocenters. The van der Waals surface area contributed by atoms with Crippen LogP contribution in [0.1, 0.15) is 37.7 Å². The van der Waals surface area contributed by atoms with Gasteiger partial charge in [-0.1, -0.05) is 6.07 Å². The van der Waals surface area contributed by atoms with E-state index in [9.17, 15) is 9.59 Å². The molecule has 0 saturated heterocycles. The van der Waals surface area contributed by atoms with Crippen molar-refractivity contribution in [2.24, 2.45) is 5.92 Å². The number of carbonyl (C=O) groups excluding carboxylic acids is 2. The number of rotatable bonds is 2. The molecule has 0 aromatic carbocycles. The fourth-order valence-corrected chi connectivity index (χ4v) is 2.34. The maximum absolute atomic E-state index is 11.6. The molecule has 84 valence electrons. The third kappa shape index (κ3) is 2.18. The summed E-state index contributed by atoms with van der Waals surface area (Å²) in [6.45, 7) is 1.51. The first-order valence-corrected chi connectivity index (χ1v) is 5.61. The summed E-state index contributed by atoms with van der Waals surface area (Å²) in [5.74, 6) is 0.0190. The second-order valence-electron chi connectivity index (χ2n) is 4.39. The molecule has 0 spiro atoms. The van der Waals surface area contributed by atoms with Gasteiger partial charge in [0.1, 0.15) is 11.6 Å². The van der Waals surface area contributed by atoms with E-state index in [1.54, 1.807) is 6.20 Å². The van der Waals surface area contributed by atoms with Crippen LogP contribution in [-0.2, 0) is 9.59 Å². The van der Waals surface area contributed by atoms with Crippen molar-refractivity contribution in [1.82, 2.24) is 4.98 Å². The van der Waals surface area contributed by atoms with Gasteiger partial charge in [-0.15, -0.1) is 0 Å². The molecule has 0 radical (unpaired) electrons. The first kappa shape index (κ1) is 11.0. The van der Waals surface area contributed by atoms with Crippen LogP contribution in [-0.4, -0.2) is 16.6 Å². The topological polar surface area (TPSA) is 47.0 Å². The number of nitrogens with zero attached hydrogens (tertiary/aromatic N) is 1. The van der Waals surface area contributed by atoms with Gasteiger partial charge in [0.15, 0.2) is 0 Å². The largest absolute Gasteiger partial charge is 0.299 e. The normalized spacial score (nSPS) is 25.4. The zero-order valence-corrected chi connectivity index (χ0v) is 9.35. The third-order valence-corrected chi connectivity index (χ3v) is 3.29. The minimum Gasteiger partial charge on any atom is -0.299 e. The molecule has 0 bridgehead atoms. The lowest BCUT2D eigenvalue weighted by molar-refractivity contribution is -0.133. The average Bonchev–Trinajstić information content (AvgIpc) is 2.30. The molecule has 0 aliphatic heterocycles. The smallest absolute Gasteiger partial charge is 0.143 e. The predicted octanol–water partition coefficient (Wildman–Crippen LogP) is 2.12. The highest BCUT2D eigenvalue weighted by Crippen LogP contribution is 2.34. The van der Waals surface area contributed by atoms with Crippen molar-refractivity contribution in [1.29, 1.82) is 0 Å². The molecule has 0 N–H and O–H groups in total. The van der Waals surface area contributed by atoms with Gasteiger partial charge in [0.05, 0.1) is 5.92 Å². The fourth-order valence-electron chi connectivity index (χ4n) is 2.34. The van der Waals surface area contributed by atoms with Gasteiger partial charge in [-0.25, -0.2) is 0 Å². The van der Waals surface area contributed by atoms with Gasteiger partial charge in [-0.3, -0.25) is 14.6 Å². The van der Waals surface area contributed by atoms with Gasteiger partial charge in [-0.2, -0.15) is 0 Å². The monoisotopic (exact) mass is 217 g/mol. The average molecular weight is 217 g/mol. The van der Waals surface area contributed by atoms with Crippen LogP contribution < -0.4 is 0 Å². The van der Waals surface area contributed by atoms with Crippen molar-refractivity contribution in [2.45, 2.75) is 32.1 Å². The van der Waals surface area contributed by atoms with Crippen molar-refractivity contribution >= 4 is 11.6 Å². The van der Waals surface area contributed by atoms with Crippen LogP contribution in [0.15, 0.2) is 24.5 Å². The lowest BCUT2D eigenvalue weighted by Gasteiger charge is -2.26. The molecule has 1 fully saturated rings. The Kier molecular flexibility index (Phi) is 3.13. The number of aromatic nitrogens is 1. The zero-order valence-electron chi connectivity index (χ0n) is 9.35. The molecule has 3 nitrogen and oxygen atoms in total. The molecule has 1 saturated carbocycles. The molecule has 1 aromatic rings. The Morgan fingerprint density at radius 3 is 2.94 bits per heavy atom. The SMILES string of the molecule is CC(=O)[C@H]1C[C@H](c2cccnc2)CCC1=O. The second-order valence-corrected chi connectivity index (χ2v) is 4.39. The van der Waals surface area contributed by atoms with E-state index in [4.69, 9.17) is 0 Å². The van der Waals surface area contributed by atoms with E-state index < -0.39 is 0 Å². The number of hydrogen-bond donors (Lipinski definition) is 0. The molecule has 2 rings (SSSR count). The summed E-state index contributed by atoms with van der Waals surface area (Å²) >= 11 is 0. The van der Waals surface area contributed by atoms with Gasteiger partial charge in [0, 0.05) is 18.8 Å². The zero-order chi connectivity index (χ0) is 11.5. The van der Waals surface area contributed by atoms with E-state index in [1.165, 1.54) is 6.92 Å². The quantitative estimate of drug-likeness (QED) is 0.713. The van der Waals surface area contributed by atoms with E-state index >= 15 is 0 Å². The highest BCUT2D eigenvalue weighted by molar-refractivity contribution is 6.01. The van der Waals surface area contributed by atoms with Gasteiger partial charge in [-0.05, 0) is 37.3 Å². The van der Waals surface area contributed by atoms with E-state index in [1.807, 2.05) is 18.3 Å². The summed E-state index contributed by atoms with van der Waals surface area (Å²) in [5, 5.41) is 0. The standard InChI is InChI=1S/C13H15NO2/c1-9(15)12-7-10(4-5-13(12)16)11-3-2-6-14-8-11/h2-3,6,8,10,12H,4-5,7H2,1H3/t10-,12-/m1/s1. The molecule has 1 aliphatic carbocycles. The van der Waals surface area contributed by atoms with Crippen LogP contribution >= 0.6 is 0 Å². The van der Waals surface area contributed by atoms with Crippen molar-refractivity contribution in [3.63, 3.8) is 0 Å². The van der Waals surface area contributed by atoms with Crippen molar-refractivity contribution in [3.8, 4) is 0 Å². The molecule has 1 aromatic heterocycles. The molecule has 1 heterocycles. The predicted molar refractivity (Wildman–Crippen MR) is 60.0 cm³/mol. The van der Waals surface area contributed by atoms with E-state index in [0.717, 1.165) is 12.0 Å².